The van der Waals surface area contributed by atoms with Crippen molar-refractivity contribution in [2.24, 2.45) is 0 Å². The van der Waals surface area contributed by atoms with Gasteiger partial charge in [0.05, 0.1) is 0 Å². The van der Waals surface area contributed by atoms with E-state index in [1.165, 1.54) is 19.3 Å². The van der Waals surface area contributed by atoms with Crippen molar-refractivity contribution in [1.29, 1.82) is 0 Å². The van der Waals surface area contributed by atoms with Crippen molar-refractivity contribution in [1.82, 2.24) is 0 Å². The number of unbranched alkanes of at least 4 members (excludes halogenated alkanes) is 2. The average Bonchev–Trinajstić information content (AvgIpc) is 2.30. The minimum Gasteiger partial charge on any atom is -0.399 e. The molecule has 0 atom stereocenters. The number of nitrogens with two attached hydrogens (primary N) is 2. The molecule has 4 N–H and O–H groups in total. The first-order valence-corrected chi connectivity index (χ1v) is 6.45. The molecule has 0 amide bonds. The van der Waals surface area contributed by atoms with E-state index in [0.717, 1.165) is 43.0 Å². The topological polar surface area (TPSA) is 61.3 Å². The Kier molecular flexibility index (Phi) is 6.48. The highest BCUT2D eigenvalue weighted by molar-refractivity contribution is 5.56. The number of nitrogen functional groups attached to an aromatic ring is 2. The van der Waals surface area contributed by atoms with Gasteiger partial charge in [-0.05, 0) is 37.0 Å². The fraction of sp³-hybridized carbons (Fsp3) is 0.571. The predicted octanol–water partition coefficient (Wildman–Crippen LogP) is 2.99. The molecule has 0 radical (unpaired) electrons. The van der Waals surface area contributed by atoms with Crippen LogP contribution in [-0.2, 0) is 11.2 Å². The Morgan fingerprint density at radius 1 is 1.06 bits per heavy atom. The molecule has 0 bridgehead atoms. The van der Waals surface area contributed by atoms with E-state index in [4.69, 9.17) is 16.2 Å². The third kappa shape index (κ3) is 5.59. The second-order valence-corrected chi connectivity index (χ2v) is 4.38. The standard InChI is InChI=1S/C14H24N2O/c1-2-3-4-9-17-10-5-6-12-7-8-13(15)11-14(12)16/h7-8,11H,2-6,9-10,15-16H2,1H3. The molecule has 1 aromatic carbocycles. The Hall–Kier alpha value is -1.22. The molecule has 1 rings (SSSR count). The number of rotatable bonds is 8. The van der Waals surface area contributed by atoms with Gasteiger partial charge in [-0.1, -0.05) is 25.8 Å². The Morgan fingerprint density at radius 3 is 2.53 bits per heavy atom. The molecule has 0 unspecified atom stereocenters. The number of hydrogen-bond donors (Lipinski definition) is 2. The number of hydrogen-bond acceptors (Lipinski definition) is 3. The van der Waals surface area contributed by atoms with E-state index >= 15 is 0 Å². The van der Waals surface area contributed by atoms with Gasteiger partial charge in [-0.2, -0.15) is 0 Å². The van der Waals surface area contributed by atoms with E-state index in [1.807, 2.05) is 18.2 Å². The van der Waals surface area contributed by atoms with Crippen LogP contribution in [0.4, 0.5) is 11.4 Å². The molecule has 96 valence electrons. The smallest absolute Gasteiger partial charge is 0.0469 e. The van der Waals surface area contributed by atoms with Crippen molar-refractivity contribution in [2.75, 3.05) is 24.7 Å². The van der Waals surface area contributed by atoms with Crippen LogP contribution in [0, 0.1) is 0 Å². The van der Waals surface area contributed by atoms with Crippen LogP contribution < -0.4 is 11.5 Å². The molecule has 0 fully saturated rings. The van der Waals surface area contributed by atoms with Crippen LogP contribution in [0.1, 0.15) is 38.2 Å². The summed E-state index contributed by atoms with van der Waals surface area (Å²) >= 11 is 0. The highest BCUT2D eigenvalue weighted by Crippen LogP contribution is 2.17. The van der Waals surface area contributed by atoms with Crippen LogP contribution in [0.5, 0.6) is 0 Å². The molecule has 0 saturated carbocycles. The summed E-state index contributed by atoms with van der Waals surface area (Å²) in [6, 6.07) is 5.72. The monoisotopic (exact) mass is 236 g/mol. The lowest BCUT2D eigenvalue weighted by atomic mass is 10.1. The minimum absolute atomic E-state index is 0.724. The maximum absolute atomic E-state index is 5.88. The van der Waals surface area contributed by atoms with Gasteiger partial charge in [0.2, 0.25) is 0 Å². The van der Waals surface area contributed by atoms with Gasteiger partial charge >= 0.3 is 0 Å². The number of aryl methyl sites for hydroxylation is 1. The number of ether oxygens (including phenoxy) is 1. The molecule has 3 nitrogen and oxygen atoms in total. The Balaban J connectivity index is 2.14. The summed E-state index contributed by atoms with van der Waals surface area (Å²) < 4.78 is 5.56. The first-order valence-electron chi connectivity index (χ1n) is 6.45. The van der Waals surface area contributed by atoms with Gasteiger partial charge in [-0.3, -0.25) is 0 Å². The largest absolute Gasteiger partial charge is 0.399 e. The zero-order valence-corrected chi connectivity index (χ0v) is 10.7. The normalized spacial score (nSPS) is 10.6. The molecule has 0 heterocycles. The van der Waals surface area contributed by atoms with Gasteiger partial charge < -0.3 is 16.2 Å². The Bertz CT molecular complexity index is 326. The molecule has 0 saturated heterocycles. The molecule has 0 aliphatic rings. The van der Waals surface area contributed by atoms with Crippen molar-refractivity contribution in [3.63, 3.8) is 0 Å². The van der Waals surface area contributed by atoms with E-state index in [2.05, 4.69) is 6.92 Å². The molecule has 0 aliphatic carbocycles. The zero-order chi connectivity index (χ0) is 12.5. The molecule has 3 heteroatoms. The first kappa shape index (κ1) is 13.8. The van der Waals surface area contributed by atoms with Gasteiger partial charge in [0.25, 0.3) is 0 Å². The summed E-state index contributed by atoms with van der Waals surface area (Å²) in [7, 11) is 0. The third-order valence-corrected chi connectivity index (χ3v) is 2.80. The van der Waals surface area contributed by atoms with Crippen molar-refractivity contribution in [3.05, 3.63) is 23.8 Å². The van der Waals surface area contributed by atoms with Crippen LogP contribution in [0.15, 0.2) is 18.2 Å². The van der Waals surface area contributed by atoms with E-state index in [0.29, 0.717) is 0 Å². The quantitative estimate of drug-likeness (QED) is 0.539. The van der Waals surface area contributed by atoms with E-state index in [1.54, 1.807) is 0 Å². The van der Waals surface area contributed by atoms with Crippen LogP contribution in [0.3, 0.4) is 0 Å². The third-order valence-electron chi connectivity index (χ3n) is 2.80. The molecule has 1 aromatic rings. The van der Waals surface area contributed by atoms with Crippen LogP contribution in [-0.4, -0.2) is 13.2 Å². The fourth-order valence-corrected chi connectivity index (χ4v) is 1.76. The average molecular weight is 236 g/mol. The SMILES string of the molecule is CCCCCOCCCc1ccc(N)cc1N. The summed E-state index contributed by atoms with van der Waals surface area (Å²) in [5, 5.41) is 0. The Labute approximate surface area is 104 Å². The Morgan fingerprint density at radius 2 is 1.82 bits per heavy atom. The van der Waals surface area contributed by atoms with E-state index in [-0.39, 0.29) is 0 Å². The van der Waals surface area contributed by atoms with Gasteiger partial charge in [0.1, 0.15) is 0 Å². The predicted molar refractivity (Wildman–Crippen MR) is 73.9 cm³/mol. The zero-order valence-electron chi connectivity index (χ0n) is 10.7. The summed E-state index contributed by atoms with van der Waals surface area (Å²) in [5.74, 6) is 0. The minimum atomic E-state index is 0.724. The first-order chi connectivity index (χ1) is 8.24. The molecule has 0 spiro atoms. The van der Waals surface area contributed by atoms with Crippen molar-refractivity contribution < 1.29 is 4.74 Å². The summed E-state index contributed by atoms with van der Waals surface area (Å²) in [6.07, 6.45) is 5.64. The van der Waals surface area contributed by atoms with Crippen LogP contribution in [0.25, 0.3) is 0 Å². The lowest BCUT2D eigenvalue weighted by molar-refractivity contribution is 0.128. The summed E-state index contributed by atoms with van der Waals surface area (Å²) in [4.78, 5) is 0. The maximum Gasteiger partial charge on any atom is 0.0469 e. The van der Waals surface area contributed by atoms with E-state index in [9.17, 15) is 0 Å². The molecular formula is C14H24N2O. The molecule has 0 aromatic heterocycles. The lowest BCUT2D eigenvalue weighted by Crippen LogP contribution is -2.01. The van der Waals surface area contributed by atoms with Gasteiger partial charge in [0, 0.05) is 24.6 Å². The highest BCUT2D eigenvalue weighted by Gasteiger charge is 1.99. The summed E-state index contributed by atoms with van der Waals surface area (Å²) in [5.41, 5.74) is 14.2. The van der Waals surface area contributed by atoms with Crippen molar-refractivity contribution >= 4 is 11.4 Å². The van der Waals surface area contributed by atoms with Gasteiger partial charge in [-0.25, -0.2) is 0 Å². The number of anilines is 2. The molecular weight excluding hydrogens is 212 g/mol. The maximum atomic E-state index is 5.88. The van der Waals surface area contributed by atoms with Crippen LogP contribution in [0.2, 0.25) is 0 Å². The molecule has 17 heavy (non-hydrogen) atoms. The lowest BCUT2D eigenvalue weighted by Gasteiger charge is -2.07. The molecule has 0 aliphatic heterocycles. The van der Waals surface area contributed by atoms with Crippen molar-refractivity contribution in [3.8, 4) is 0 Å². The number of benzene rings is 1. The van der Waals surface area contributed by atoms with Gasteiger partial charge in [0.15, 0.2) is 0 Å². The van der Waals surface area contributed by atoms with Gasteiger partial charge in [-0.15, -0.1) is 0 Å². The highest BCUT2D eigenvalue weighted by atomic mass is 16.5. The summed E-state index contributed by atoms with van der Waals surface area (Å²) in [6.45, 7) is 3.89. The second kappa shape index (κ2) is 7.96. The fourth-order valence-electron chi connectivity index (χ4n) is 1.76. The van der Waals surface area contributed by atoms with Crippen LogP contribution >= 0.6 is 0 Å². The van der Waals surface area contributed by atoms with E-state index < -0.39 is 0 Å². The van der Waals surface area contributed by atoms with Crippen molar-refractivity contribution in [2.45, 2.75) is 39.0 Å². The second-order valence-electron chi connectivity index (χ2n) is 4.38.